The molecular formula is C52H99NO18. The van der Waals surface area contributed by atoms with Crippen LogP contribution in [0.2, 0.25) is 0 Å². The van der Waals surface area contributed by atoms with E-state index in [-0.39, 0.29) is 18.9 Å². The summed E-state index contributed by atoms with van der Waals surface area (Å²) in [4.78, 5) is 13.1. The van der Waals surface area contributed by atoms with Crippen LogP contribution in [-0.2, 0) is 33.2 Å². The zero-order valence-electron chi connectivity index (χ0n) is 43.2. The van der Waals surface area contributed by atoms with Gasteiger partial charge in [0, 0.05) is 6.42 Å². The smallest absolute Gasteiger partial charge is 0.220 e. The number of amides is 1. The molecule has 17 unspecified atom stereocenters. The second-order valence-corrected chi connectivity index (χ2v) is 20.4. The Morgan fingerprint density at radius 3 is 1.23 bits per heavy atom. The van der Waals surface area contributed by atoms with Gasteiger partial charge >= 0.3 is 0 Å². The molecular weight excluding hydrogens is 927 g/mol. The number of rotatable bonds is 40. The number of aliphatic hydroxyl groups excluding tert-OH is 11. The lowest BCUT2D eigenvalue weighted by Gasteiger charge is -2.48. The van der Waals surface area contributed by atoms with Crippen molar-refractivity contribution in [3.8, 4) is 0 Å². The number of carbonyl (C=O) groups excluding carboxylic acids is 1. The molecule has 0 aromatic heterocycles. The molecule has 3 heterocycles. The molecule has 19 heteroatoms. The molecule has 0 spiro atoms. The third-order valence-electron chi connectivity index (χ3n) is 14.4. The van der Waals surface area contributed by atoms with Gasteiger partial charge in [0.05, 0.1) is 38.6 Å². The Morgan fingerprint density at radius 2 is 0.803 bits per heavy atom. The fourth-order valence-electron chi connectivity index (χ4n) is 9.78. The molecule has 0 radical (unpaired) electrons. The van der Waals surface area contributed by atoms with E-state index < -0.39 is 124 Å². The molecule has 0 aromatic carbocycles. The first kappa shape index (κ1) is 64.1. The number of aliphatic hydroxyl groups is 11. The Labute approximate surface area is 423 Å². The van der Waals surface area contributed by atoms with E-state index >= 15 is 0 Å². The molecule has 1 amide bonds. The van der Waals surface area contributed by atoms with E-state index in [0.29, 0.717) is 12.8 Å². The van der Waals surface area contributed by atoms with E-state index in [1.165, 1.54) is 103 Å². The molecule has 0 bridgehead atoms. The summed E-state index contributed by atoms with van der Waals surface area (Å²) in [5.41, 5.74) is 0. The van der Waals surface area contributed by atoms with Gasteiger partial charge in [-0.15, -0.1) is 0 Å². The standard InChI is InChI=1S/C52H99NO18/c1-3-5-7-9-11-12-13-14-15-16-17-18-19-20-21-22-23-24-25-27-29-36(57)35(53-40(58)30-28-26-10-8-6-4-2)34-66-50-46(64)43(61)48(38(32-55)68-50)71-52-47(65)44(62)49(39(33-56)69-52)70-51-45(63)42(60)41(59)37(31-54)67-51/h35-39,41-52,54-57,59-65H,3-34H2,1-2H3,(H,53,58). The summed E-state index contributed by atoms with van der Waals surface area (Å²) in [7, 11) is 0. The lowest BCUT2D eigenvalue weighted by Crippen LogP contribution is -2.66. The third-order valence-corrected chi connectivity index (χ3v) is 14.4. The number of unbranched alkanes of at least 4 members (excludes halogenated alkanes) is 24. The van der Waals surface area contributed by atoms with Gasteiger partial charge in [0.2, 0.25) is 5.91 Å². The van der Waals surface area contributed by atoms with Crippen LogP contribution in [0.25, 0.3) is 0 Å². The summed E-state index contributed by atoms with van der Waals surface area (Å²) in [5.74, 6) is -0.251. The molecule has 0 aromatic rings. The Hall–Kier alpha value is -1.21. The van der Waals surface area contributed by atoms with Crippen molar-refractivity contribution in [1.82, 2.24) is 5.32 Å². The molecule has 3 aliphatic rings. The van der Waals surface area contributed by atoms with Gasteiger partial charge in [-0.1, -0.05) is 174 Å². The maximum absolute atomic E-state index is 13.1. The highest BCUT2D eigenvalue weighted by atomic mass is 16.8. The first-order chi connectivity index (χ1) is 34.3. The van der Waals surface area contributed by atoms with E-state index in [9.17, 15) is 61.0 Å². The fourth-order valence-corrected chi connectivity index (χ4v) is 9.78. The van der Waals surface area contributed by atoms with Gasteiger partial charge in [0.15, 0.2) is 18.9 Å². The zero-order chi connectivity index (χ0) is 52.0. The summed E-state index contributed by atoms with van der Waals surface area (Å²) in [6.45, 7) is 1.71. The van der Waals surface area contributed by atoms with Crippen LogP contribution in [0.3, 0.4) is 0 Å². The predicted molar refractivity (Wildman–Crippen MR) is 264 cm³/mol. The zero-order valence-corrected chi connectivity index (χ0v) is 43.2. The van der Waals surface area contributed by atoms with Crippen molar-refractivity contribution in [3.05, 3.63) is 0 Å². The van der Waals surface area contributed by atoms with E-state index in [2.05, 4.69) is 19.2 Å². The first-order valence-electron chi connectivity index (χ1n) is 27.8. The Balaban J connectivity index is 1.46. The summed E-state index contributed by atoms with van der Waals surface area (Å²) in [6.07, 6.45) is 5.36. The summed E-state index contributed by atoms with van der Waals surface area (Å²) >= 11 is 0. The van der Waals surface area contributed by atoms with Gasteiger partial charge < -0.3 is 89.9 Å². The minimum atomic E-state index is -1.97. The number of nitrogens with one attached hydrogen (secondary N) is 1. The first-order valence-corrected chi connectivity index (χ1v) is 27.8. The van der Waals surface area contributed by atoms with Crippen LogP contribution in [0.5, 0.6) is 0 Å². The highest BCUT2D eigenvalue weighted by Gasteiger charge is 2.53. The summed E-state index contributed by atoms with van der Waals surface area (Å²) < 4.78 is 34.1. The van der Waals surface area contributed by atoms with E-state index in [4.69, 9.17) is 28.4 Å². The van der Waals surface area contributed by atoms with Gasteiger partial charge in [0.25, 0.3) is 0 Å². The van der Waals surface area contributed by atoms with Crippen LogP contribution in [-0.4, -0.2) is 193 Å². The molecule has 3 saturated heterocycles. The lowest BCUT2D eigenvalue weighted by molar-refractivity contribution is -0.379. The molecule has 0 saturated carbocycles. The SMILES string of the molecule is CCCCCCCCCCCCCCCCCCCCCCC(O)C(COC1OC(CO)C(OC2OC(CO)C(OC3OC(CO)C(O)C(O)C3O)C(O)C2O)C(O)C1O)NC(=O)CCCCCCCC. The number of carbonyl (C=O) groups is 1. The van der Waals surface area contributed by atoms with Crippen molar-refractivity contribution in [2.75, 3.05) is 26.4 Å². The molecule has 3 fully saturated rings. The van der Waals surface area contributed by atoms with Crippen molar-refractivity contribution >= 4 is 5.91 Å². The maximum Gasteiger partial charge on any atom is 0.220 e. The van der Waals surface area contributed by atoms with Crippen molar-refractivity contribution in [3.63, 3.8) is 0 Å². The van der Waals surface area contributed by atoms with Crippen LogP contribution in [0, 0.1) is 0 Å². The largest absolute Gasteiger partial charge is 0.394 e. The normalized spacial score (nSPS) is 32.2. The maximum atomic E-state index is 13.1. The number of hydrogen-bond acceptors (Lipinski definition) is 18. The van der Waals surface area contributed by atoms with E-state index in [0.717, 1.165) is 57.8 Å². The van der Waals surface area contributed by atoms with Crippen LogP contribution in [0.15, 0.2) is 0 Å². The second kappa shape index (κ2) is 37.5. The predicted octanol–water partition coefficient (Wildman–Crippen LogP) is 3.26. The quantitative estimate of drug-likeness (QED) is 0.0392. The van der Waals surface area contributed by atoms with Gasteiger partial charge in [-0.3, -0.25) is 4.79 Å². The van der Waals surface area contributed by atoms with Crippen molar-refractivity contribution < 1.29 is 89.4 Å². The molecule has 420 valence electrons. The Bertz CT molecular complexity index is 1320. The average Bonchev–Trinajstić information content (AvgIpc) is 3.36. The van der Waals surface area contributed by atoms with Crippen LogP contribution < -0.4 is 5.32 Å². The van der Waals surface area contributed by atoms with Crippen molar-refractivity contribution in [2.45, 2.75) is 298 Å². The van der Waals surface area contributed by atoms with Gasteiger partial charge in [0.1, 0.15) is 73.2 Å². The van der Waals surface area contributed by atoms with Crippen LogP contribution >= 0.6 is 0 Å². The summed E-state index contributed by atoms with van der Waals surface area (Å²) in [6, 6.07) is -0.877. The second-order valence-electron chi connectivity index (χ2n) is 20.4. The minimum absolute atomic E-state index is 0.251. The number of ether oxygens (including phenoxy) is 6. The van der Waals surface area contributed by atoms with Crippen molar-refractivity contribution in [1.29, 1.82) is 0 Å². The fraction of sp³-hybridized carbons (Fsp3) is 0.981. The topological polar surface area (TPSA) is 307 Å². The lowest BCUT2D eigenvalue weighted by atomic mass is 9.96. The molecule has 0 aliphatic carbocycles. The minimum Gasteiger partial charge on any atom is -0.394 e. The highest BCUT2D eigenvalue weighted by molar-refractivity contribution is 5.76. The number of hydrogen-bond donors (Lipinski definition) is 12. The molecule has 12 N–H and O–H groups in total. The highest BCUT2D eigenvalue weighted by Crippen LogP contribution is 2.33. The molecule has 17 atom stereocenters. The van der Waals surface area contributed by atoms with E-state index in [1.807, 2.05) is 0 Å². The van der Waals surface area contributed by atoms with Crippen LogP contribution in [0.1, 0.15) is 194 Å². The van der Waals surface area contributed by atoms with E-state index in [1.54, 1.807) is 0 Å². The van der Waals surface area contributed by atoms with Gasteiger partial charge in [-0.05, 0) is 12.8 Å². The molecule has 71 heavy (non-hydrogen) atoms. The summed E-state index contributed by atoms with van der Waals surface area (Å²) in [5, 5.41) is 120. The van der Waals surface area contributed by atoms with Crippen LogP contribution in [0.4, 0.5) is 0 Å². The Morgan fingerprint density at radius 1 is 0.451 bits per heavy atom. The Kier molecular flexibility index (Phi) is 33.9. The molecule has 3 aliphatic heterocycles. The van der Waals surface area contributed by atoms with Crippen molar-refractivity contribution in [2.24, 2.45) is 0 Å². The van der Waals surface area contributed by atoms with Gasteiger partial charge in [-0.2, -0.15) is 0 Å². The van der Waals surface area contributed by atoms with Gasteiger partial charge in [-0.25, -0.2) is 0 Å². The molecule has 3 rings (SSSR count). The monoisotopic (exact) mass is 1030 g/mol. The third kappa shape index (κ3) is 22.9. The molecule has 19 nitrogen and oxygen atoms in total. The average molecular weight is 1030 g/mol.